The highest BCUT2D eigenvalue weighted by Gasteiger charge is 2.35. The van der Waals surface area contributed by atoms with Crippen LogP contribution in [0.3, 0.4) is 0 Å². The lowest BCUT2D eigenvalue weighted by Gasteiger charge is -2.27. The van der Waals surface area contributed by atoms with E-state index in [0.29, 0.717) is 24.3 Å². The molecule has 5 heteroatoms. The van der Waals surface area contributed by atoms with E-state index < -0.39 is 17.8 Å². The predicted octanol–water partition coefficient (Wildman–Crippen LogP) is 3.30. The number of nitrogens with one attached hydrogen (secondary N) is 1. The maximum Gasteiger partial charge on any atom is 0.307 e. The van der Waals surface area contributed by atoms with Crippen molar-refractivity contribution in [2.75, 3.05) is 5.32 Å². The number of carbonyl (C=O) groups excluding carboxylic acids is 1. The fourth-order valence-electron chi connectivity index (χ4n) is 2.89. The summed E-state index contributed by atoms with van der Waals surface area (Å²) in [5.74, 6) is -1.44. The van der Waals surface area contributed by atoms with E-state index in [1.165, 1.54) is 0 Å². The predicted molar refractivity (Wildman–Crippen MR) is 83.9 cm³/mol. The minimum atomic E-state index is -0.878. The second-order valence-electron chi connectivity index (χ2n) is 6.02. The molecule has 1 aromatic rings. The van der Waals surface area contributed by atoms with Crippen LogP contribution < -0.4 is 10.1 Å². The van der Waals surface area contributed by atoms with Gasteiger partial charge in [-0.05, 0) is 38.8 Å². The van der Waals surface area contributed by atoms with Crippen LogP contribution in [-0.4, -0.2) is 23.1 Å². The number of carboxylic acid groups (broad SMARTS) is 1. The van der Waals surface area contributed by atoms with Crippen molar-refractivity contribution in [1.82, 2.24) is 0 Å². The van der Waals surface area contributed by atoms with Crippen LogP contribution >= 0.6 is 0 Å². The summed E-state index contributed by atoms with van der Waals surface area (Å²) in [5.41, 5.74) is 0.637. The number of carbonyl (C=O) groups is 2. The summed E-state index contributed by atoms with van der Waals surface area (Å²) < 4.78 is 5.60. The van der Waals surface area contributed by atoms with Gasteiger partial charge in [0, 0.05) is 11.8 Å². The lowest BCUT2D eigenvalue weighted by Crippen LogP contribution is -2.36. The van der Waals surface area contributed by atoms with Gasteiger partial charge in [0.1, 0.15) is 5.75 Å². The minimum absolute atomic E-state index is 0.0562. The SMILES string of the molecule is CC(C)Oc1cccc(NC(=O)C2CCCCC2C(=O)O)c1. The molecule has 2 atom stereocenters. The van der Waals surface area contributed by atoms with Crippen molar-refractivity contribution in [3.8, 4) is 5.75 Å². The molecule has 0 bridgehead atoms. The maximum absolute atomic E-state index is 12.4. The Bertz CT molecular complexity index is 541. The second-order valence-corrected chi connectivity index (χ2v) is 6.02. The molecule has 0 aliphatic heterocycles. The number of aliphatic carboxylic acids is 1. The van der Waals surface area contributed by atoms with Crippen LogP contribution in [0.1, 0.15) is 39.5 Å². The van der Waals surface area contributed by atoms with Crippen molar-refractivity contribution in [3.63, 3.8) is 0 Å². The Balaban J connectivity index is 2.06. The van der Waals surface area contributed by atoms with Gasteiger partial charge in [-0.15, -0.1) is 0 Å². The van der Waals surface area contributed by atoms with Gasteiger partial charge in [-0.3, -0.25) is 9.59 Å². The van der Waals surface area contributed by atoms with Crippen LogP contribution in [0.2, 0.25) is 0 Å². The maximum atomic E-state index is 12.4. The molecule has 2 N–H and O–H groups in total. The molecule has 1 fully saturated rings. The van der Waals surface area contributed by atoms with Crippen LogP contribution in [0.5, 0.6) is 5.75 Å². The highest BCUT2D eigenvalue weighted by atomic mass is 16.5. The number of amides is 1. The highest BCUT2D eigenvalue weighted by molar-refractivity contribution is 5.95. The van der Waals surface area contributed by atoms with Crippen molar-refractivity contribution < 1.29 is 19.4 Å². The molecule has 22 heavy (non-hydrogen) atoms. The van der Waals surface area contributed by atoms with Gasteiger partial charge >= 0.3 is 5.97 Å². The van der Waals surface area contributed by atoms with Crippen molar-refractivity contribution in [2.24, 2.45) is 11.8 Å². The van der Waals surface area contributed by atoms with Crippen LogP contribution in [-0.2, 0) is 9.59 Å². The molecule has 0 aromatic heterocycles. The normalized spacial score (nSPS) is 21.4. The van der Waals surface area contributed by atoms with Crippen LogP contribution in [0.4, 0.5) is 5.69 Å². The third kappa shape index (κ3) is 4.23. The lowest BCUT2D eigenvalue weighted by molar-refractivity contribution is -0.147. The Hall–Kier alpha value is -2.04. The molecule has 120 valence electrons. The smallest absolute Gasteiger partial charge is 0.307 e. The van der Waals surface area contributed by atoms with Crippen molar-refractivity contribution in [1.29, 1.82) is 0 Å². The minimum Gasteiger partial charge on any atom is -0.491 e. The zero-order valence-corrected chi connectivity index (χ0v) is 13.0. The standard InChI is InChI=1S/C17H23NO4/c1-11(2)22-13-7-5-6-12(10-13)18-16(19)14-8-3-4-9-15(14)17(20)21/h5-7,10-11,14-15H,3-4,8-9H2,1-2H3,(H,18,19)(H,20,21). The molecule has 0 radical (unpaired) electrons. The second kappa shape index (κ2) is 7.29. The Kier molecular flexibility index (Phi) is 5.41. The first-order chi connectivity index (χ1) is 10.5. The van der Waals surface area contributed by atoms with E-state index in [9.17, 15) is 14.7 Å². The fourth-order valence-corrected chi connectivity index (χ4v) is 2.89. The van der Waals surface area contributed by atoms with Gasteiger partial charge in [0.25, 0.3) is 0 Å². The number of hydrogen-bond donors (Lipinski definition) is 2. The van der Waals surface area contributed by atoms with Gasteiger partial charge in [0.2, 0.25) is 5.91 Å². The molecule has 2 unspecified atom stereocenters. The first-order valence-corrected chi connectivity index (χ1v) is 7.77. The number of anilines is 1. The van der Waals surface area contributed by atoms with E-state index in [2.05, 4.69) is 5.32 Å². The summed E-state index contributed by atoms with van der Waals surface area (Å²) >= 11 is 0. The molecule has 0 heterocycles. The van der Waals surface area contributed by atoms with Gasteiger partial charge in [0.15, 0.2) is 0 Å². The lowest BCUT2D eigenvalue weighted by atomic mass is 9.78. The van der Waals surface area contributed by atoms with Gasteiger partial charge in [0.05, 0.1) is 17.9 Å². The molecule has 0 spiro atoms. The van der Waals surface area contributed by atoms with Crippen molar-refractivity contribution >= 4 is 17.6 Å². The number of hydrogen-bond acceptors (Lipinski definition) is 3. The summed E-state index contributed by atoms with van der Waals surface area (Å²) in [6, 6.07) is 7.18. The quantitative estimate of drug-likeness (QED) is 0.875. The topological polar surface area (TPSA) is 75.6 Å². The third-order valence-electron chi connectivity index (χ3n) is 3.89. The summed E-state index contributed by atoms with van der Waals surface area (Å²) in [7, 11) is 0. The van der Waals surface area contributed by atoms with E-state index >= 15 is 0 Å². The third-order valence-corrected chi connectivity index (χ3v) is 3.89. The average Bonchev–Trinajstić information content (AvgIpc) is 2.46. The van der Waals surface area contributed by atoms with Crippen molar-refractivity contribution in [3.05, 3.63) is 24.3 Å². The molecule has 5 nitrogen and oxygen atoms in total. The summed E-state index contributed by atoms with van der Waals surface area (Å²) in [6.07, 6.45) is 3.03. The molecule has 1 aliphatic rings. The first-order valence-electron chi connectivity index (χ1n) is 7.77. The molecule has 1 saturated carbocycles. The van der Waals surface area contributed by atoms with Gasteiger partial charge in [-0.25, -0.2) is 0 Å². The van der Waals surface area contributed by atoms with E-state index in [0.717, 1.165) is 12.8 Å². The zero-order chi connectivity index (χ0) is 16.1. The van der Waals surface area contributed by atoms with Crippen molar-refractivity contribution in [2.45, 2.75) is 45.6 Å². The number of ether oxygens (including phenoxy) is 1. The Labute approximate surface area is 130 Å². The van der Waals surface area contributed by atoms with Crippen LogP contribution in [0.25, 0.3) is 0 Å². The summed E-state index contributed by atoms with van der Waals surface area (Å²) in [4.78, 5) is 23.7. The molecular weight excluding hydrogens is 282 g/mol. The van der Waals surface area contributed by atoms with E-state index in [1.807, 2.05) is 26.0 Å². The number of rotatable bonds is 5. The zero-order valence-electron chi connectivity index (χ0n) is 13.0. The van der Waals surface area contributed by atoms with E-state index in [-0.39, 0.29) is 12.0 Å². The number of benzene rings is 1. The van der Waals surface area contributed by atoms with Gasteiger partial charge in [-0.1, -0.05) is 18.9 Å². The molecule has 1 aliphatic carbocycles. The summed E-state index contributed by atoms with van der Waals surface area (Å²) in [5, 5.41) is 12.1. The highest BCUT2D eigenvalue weighted by Crippen LogP contribution is 2.31. The fraction of sp³-hybridized carbons (Fsp3) is 0.529. The average molecular weight is 305 g/mol. The van der Waals surface area contributed by atoms with Gasteiger partial charge < -0.3 is 15.2 Å². The van der Waals surface area contributed by atoms with E-state index in [1.54, 1.807) is 12.1 Å². The summed E-state index contributed by atoms with van der Waals surface area (Å²) in [6.45, 7) is 3.87. The first kappa shape index (κ1) is 16.3. The van der Waals surface area contributed by atoms with E-state index in [4.69, 9.17) is 4.74 Å². The molecule has 1 amide bonds. The monoisotopic (exact) mass is 305 g/mol. The Morgan fingerprint density at radius 2 is 1.91 bits per heavy atom. The number of carboxylic acids is 1. The molecular formula is C17H23NO4. The largest absolute Gasteiger partial charge is 0.491 e. The molecule has 0 saturated heterocycles. The van der Waals surface area contributed by atoms with Crippen LogP contribution in [0.15, 0.2) is 24.3 Å². The molecule has 1 aromatic carbocycles. The Morgan fingerprint density at radius 1 is 1.23 bits per heavy atom. The molecule has 2 rings (SSSR count). The Morgan fingerprint density at radius 3 is 2.55 bits per heavy atom. The van der Waals surface area contributed by atoms with Crippen LogP contribution in [0, 0.1) is 11.8 Å². The van der Waals surface area contributed by atoms with Gasteiger partial charge in [-0.2, -0.15) is 0 Å².